The smallest absolute Gasteiger partial charge is 0.123 e. The minimum atomic E-state index is -0.183. The topological polar surface area (TPSA) is 23.5 Å². The van der Waals surface area contributed by atoms with Crippen molar-refractivity contribution < 1.29 is 9.50 Å². The minimum absolute atomic E-state index is 0.172. The van der Waals surface area contributed by atoms with E-state index in [0.717, 1.165) is 12.1 Å². The number of hydrogen-bond acceptors (Lipinski definition) is 2. The summed E-state index contributed by atoms with van der Waals surface area (Å²) in [5, 5.41) is 9.11. The van der Waals surface area contributed by atoms with Crippen LogP contribution in [0.4, 0.5) is 4.39 Å². The molecule has 0 atom stereocenters. The van der Waals surface area contributed by atoms with Crippen LogP contribution in [0.15, 0.2) is 24.3 Å². The fraction of sp³-hybridized carbons (Fsp3) is 0.571. The Morgan fingerprint density at radius 1 is 1.29 bits per heavy atom. The highest BCUT2D eigenvalue weighted by atomic mass is 19.1. The van der Waals surface area contributed by atoms with Crippen molar-refractivity contribution in [1.82, 2.24) is 4.90 Å². The van der Waals surface area contributed by atoms with Crippen LogP contribution in [0.3, 0.4) is 0 Å². The summed E-state index contributed by atoms with van der Waals surface area (Å²) in [5.74, 6) is -0.183. The first-order valence-electron chi connectivity index (χ1n) is 6.39. The molecule has 3 heteroatoms. The van der Waals surface area contributed by atoms with Crippen LogP contribution >= 0.6 is 0 Å². The lowest BCUT2D eigenvalue weighted by atomic mass is 10.1. The van der Waals surface area contributed by atoms with Gasteiger partial charge in [-0.15, -0.1) is 0 Å². The Balaban J connectivity index is 2.01. The van der Waals surface area contributed by atoms with Crippen molar-refractivity contribution in [3.63, 3.8) is 0 Å². The zero-order chi connectivity index (χ0) is 12.1. The number of hydrogen-bond donors (Lipinski definition) is 1. The van der Waals surface area contributed by atoms with Crippen molar-refractivity contribution in [3.05, 3.63) is 35.6 Å². The van der Waals surface area contributed by atoms with E-state index in [1.165, 1.54) is 31.7 Å². The minimum Gasteiger partial charge on any atom is -0.395 e. The summed E-state index contributed by atoms with van der Waals surface area (Å²) in [6, 6.07) is 7.30. The van der Waals surface area contributed by atoms with Crippen LogP contribution in [0.5, 0.6) is 0 Å². The molecule has 0 saturated heterocycles. The molecule has 17 heavy (non-hydrogen) atoms. The van der Waals surface area contributed by atoms with E-state index in [-0.39, 0.29) is 12.4 Å². The Morgan fingerprint density at radius 3 is 2.71 bits per heavy atom. The second-order valence-corrected chi connectivity index (χ2v) is 4.76. The molecule has 1 aliphatic rings. The van der Waals surface area contributed by atoms with Gasteiger partial charge in [0.1, 0.15) is 5.82 Å². The predicted octanol–water partition coefficient (Wildman–Crippen LogP) is 2.56. The highest BCUT2D eigenvalue weighted by molar-refractivity contribution is 5.16. The SMILES string of the molecule is OCCN(Cc1cccc(F)c1)C1CCCC1. The van der Waals surface area contributed by atoms with E-state index in [9.17, 15) is 4.39 Å². The Kier molecular flexibility index (Phi) is 4.51. The maximum absolute atomic E-state index is 13.1. The van der Waals surface area contributed by atoms with E-state index >= 15 is 0 Å². The molecule has 1 N–H and O–H groups in total. The van der Waals surface area contributed by atoms with Crippen LogP contribution in [-0.2, 0) is 6.54 Å². The molecule has 0 aromatic heterocycles. The molecule has 0 spiro atoms. The van der Waals surface area contributed by atoms with Crippen LogP contribution in [-0.4, -0.2) is 29.2 Å². The molecular weight excluding hydrogens is 217 g/mol. The molecule has 0 bridgehead atoms. The fourth-order valence-electron chi connectivity index (χ4n) is 2.66. The Morgan fingerprint density at radius 2 is 2.06 bits per heavy atom. The molecule has 94 valence electrons. The Hall–Kier alpha value is -0.930. The second kappa shape index (κ2) is 6.12. The largest absolute Gasteiger partial charge is 0.395 e. The molecular formula is C14H20FNO. The van der Waals surface area contributed by atoms with Gasteiger partial charge in [-0.05, 0) is 30.5 Å². The van der Waals surface area contributed by atoms with Gasteiger partial charge in [-0.3, -0.25) is 4.90 Å². The van der Waals surface area contributed by atoms with E-state index < -0.39 is 0 Å². The number of aliphatic hydroxyl groups excluding tert-OH is 1. The van der Waals surface area contributed by atoms with Gasteiger partial charge in [-0.1, -0.05) is 25.0 Å². The fourth-order valence-corrected chi connectivity index (χ4v) is 2.66. The van der Waals surface area contributed by atoms with Crippen molar-refractivity contribution in [2.75, 3.05) is 13.2 Å². The summed E-state index contributed by atoms with van der Waals surface area (Å²) in [4.78, 5) is 2.28. The summed E-state index contributed by atoms with van der Waals surface area (Å²) >= 11 is 0. The highest BCUT2D eigenvalue weighted by Crippen LogP contribution is 2.24. The van der Waals surface area contributed by atoms with Gasteiger partial charge >= 0.3 is 0 Å². The third-order valence-electron chi connectivity index (χ3n) is 3.50. The number of nitrogens with zero attached hydrogens (tertiary/aromatic N) is 1. The normalized spacial score (nSPS) is 16.9. The van der Waals surface area contributed by atoms with Gasteiger partial charge in [0.05, 0.1) is 6.61 Å². The molecule has 0 unspecified atom stereocenters. The first kappa shape index (κ1) is 12.5. The van der Waals surface area contributed by atoms with Crippen LogP contribution in [0.1, 0.15) is 31.2 Å². The van der Waals surface area contributed by atoms with Crippen molar-refractivity contribution >= 4 is 0 Å². The maximum Gasteiger partial charge on any atom is 0.123 e. The Labute approximate surface area is 102 Å². The van der Waals surface area contributed by atoms with Gasteiger partial charge in [0.25, 0.3) is 0 Å². The molecule has 2 rings (SSSR count). The van der Waals surface area contributed by atoms with E-state index in [4.69, 9.17) is 5.11 Å². The third-order valence-corrected chi connectivity index (χ3v) is 3.50. The molecule has 0 amide bonds. The average Bonchev–Trinajstić information content (AvgIpc) is 2.82. The molecule has 0 aliphatic heterocycles. The first-order valence-corrected chi connectivity index (χ1v) is 6.39. The van der Waals surface area contributed by atoms with Crippen LogP contribution in [0.25, 0.3) is 0 Å². The quantitative estimate of drug-likeness (QED) is 0.850. The Bertz CT molecular complexity index is 350. The second-order valence-electron chi connectivity index (χ2n) is 4.76. The molecule has 1 aromatic carbocycles. The summed E-state index contributed by atoms with van der Waals surface area (Å²) < 4.78 is 13.1. The average molecular weight is 237 g/mol. The first-order chi connectivity index (χ1) is 8.29. The predicted molar refractivity (Wildman–Crippen MR) is 66.2 cm³/mol. The van der Waals surface area contributed by atoms with Gasteiger partial charge in [0.2, 0.25) is 0 Å². The van der Waals surface area contributed by atoms with Gasteiger partial charge < -0.3 is 5.11 Å². The zero-order valence-corrected chi connectivity index (χ0v) is 10.1. The van der Waals surface area contributed by atoms with E-state index in [0.29, 0.717) is 12.6 Å². The monoisotopic (exact) mass is 237 g/mol. The summed E-state index contributed by atoms with van der Waals surface area (Å²) in [6.07, 6.45) is 4.95. The molecule has 2 nitrogen and oxygen atoms in total. The molecule has 0 radical (unpaired) electrons. The summed E-state index contributed by atoms with van der Waals surface area (Å²) in [5.41, 5.74) is 0.991. The summed E-state index contributed by atoms with van der Waals surface area (Å²) in [6.45, 7) is 1.59. The molecule has 1 aromatic rings. The molecule has 1 aliphatic carbocycles. The van der Waals surface area contributed by atoms with Gasteiger partial charge in [-0.25, -0.2) is 4.39 Å². The van der Waals surface area contributed by atoms with Crippen LogP contribution in [0, 0.1) is 5.82 Å². The van der Waals surface area contributed by atoms with Gasteiger partial charge in [0, 0.05) is 19.1 Å². The number of benzene rings is 1. The van der Waals surface area contributed by atoms with E-state index in [1.807, 2.05) is 6.07 Å². The van der Waals surface area contributed by atoms with Crippen molar-refractivity contribution in [3.8, 4) is 0 Å². The summed E-state index contributed by atoms with van der Waals surface area (Å²) in [7, 11) is 0. The maximum atomic E-state index is 13.1. The standard InChI is InChI=1S/C14H20FNO/c15-13-5-3-4-12(10-13)11-16(8-9-17)14-6-1-2-7-14/h3-5,10,14,17H,1-2,6-9,11H2. The van der Waals surface area contributed by atoms with Crippen LogP contribution in [0.2, 0.25) is 0 Å². The van der Waals surface area contributed by atoms with Crippen molar-refractivity contribution in [2.45, 2.75) is 38.3 Å². The van der Waals surface area contributed by atoms with Crippen molar-refractivity contribution in [1.29, 1.82) is 0 Å². The lowest BCUT2D eigenvalue weighted by molar-refractivity contribution is 0.144. The molecule has 0 heterocycles. The number of halogens is 1. The van der Waals surface area contributed by atoms with Crippen molar-refractivity contribution in [2.24, 2.45) is 0 Å². The van der Waals surface area contributed by atoms with E-state index in [2.05, 4.69) is 4.90 Å². The van der Waals surface area contributed by atoms with Gasteiger partial charge in [-0.2, -0.15) is 0 Å². The number of aliphatic hydroxyl groups is 1. The number of rotatable bonds is 5. The lowest BCUT2D eigenvalue weighted by Crippen LogP contribution is -2.35. The highest BCUT2D eigenvalue weighted by Gasteiger charge is 2.22. The van der Waals surface area contributed by atoms with Crippen LogP contribution < -0.4 is 0 Å². The third kappa shape index (κ3) is 3.51. The lowest BCUT2D eigenvalue weighted by Gasteiger charge is -2.28. The molecule has 1 saturated carbocycles. The molecule has 1 fully saturated rings. The van der Waals surface area contributed by atoms with E-state index in [1.54, 1.807) is 12.1 Å². The zero-order valence-electron chi connectivity index (χ0n) is 10.1. The van der Waals surface area contributed by atoms with Gasteiger partial charge in [0.15, 0.2) is 0 Å².